The van der Waals surface area contributed by atoms with Crippen molar-refractivity contribution in [1.82, 2.24) is 4.90 Å². The van der Waals surface area contributed by atoms with Gasteiger partial charge in [0.05, 0.1) is 24.0 Å². The van der Waals surface area contributed by atoms with E-state index in [1.54, 1.807) is 25.1 Å². The zero-order chi connectivity index (χ0) is 18.1. The normalized spacial score (nSPS) is 23.4. The summed E-state index contributed by atoms with van der Waals surface area (Å²) in [7, 11) is 1.50. The number of hydrogen-bond donors (Lipinski definition) is 1. The molecule has 0 bridgehead atoms. The van der Waals surface area contributed by atoms with Gasteiger partial charge in [-0.3, -0.25) is 19.3 Å². The summed E-state index contributed by atoms with van der Waals surface area (Å²) in [5, 5.41) is 3.05. The third-order valence-electron chi connectivity index (χ3n) is 4.73. The van der Waals surface area contributed by atoms with Crippen molar-refractivity contribution in [3.63, 3.8) is 0 Å². The number of ether oxygens (including phenoxy) is 1. The molecule has 7 heteroatoms. The smallest absolute Gasteiger partial charge is 0.247 e. The van der Waals surface area contributed by atoms with Gasteiger partial charge in [-0.1, -0.05) is 23.8 Å². The Balaban J connectivity index is 1.73. The summed E-state index contributed by atoms with van der Waals surface area (Å²) in [5.74, 6) is -1.17. The van der Waals surface area contributed by atoms with Gasteiger partial charge in [-0.25, -0.2) is 0 Å². The Morgan fingerprint density at radius 2 is 1.84 bits per heavy atom. The van der Waals surface area contributed by atoms with E-state index >= 15 is 0 Å². The number of anilines is 1. The topological polar surface area (TPSA) is 75.7 Å². The molecule has 1 N–H and O–H groups in total. The average Bonchev–Trinajstić information content (AvgIpc) is 2.86. The van der Waals surface area contributed by atoms with E-state index < -0.39 is 11.9 Å². The highest BCUT2D eigenvalue weighted by atomic mass is 35.5. The van der Waals surface area contributed by atoms with Crippen LogP contribution < -0.4 is 10.1 Å². The van der Waals surface area contributed by atoms with Crippen LogP contribution in [0.2, 0.25) is 5.02 Å². The van der Waals surface area contributed by atoms with Crippen LogP contribution in [0.4, 0.5) is 5.69 Å². The Morgan fingerprint density at radius 1 is 1.24 bits per heavy atom. The number of amides is 3. The minimum Gasteiger partial charge on any atom is -0.495 e. The lowest BCUT2D eigenvalue weighted by atomic mass is 9.85. The van der Waals surface area contributed by atoms with Gasteiger partial charge in [-0.15, -0.1) is 0 Å². The quantitative estimate of drug-likeness (QED) is 0.660. The largest absolute Gasteiger partial charge is 0.495 e. The van der Waals surface area contributed by atoms with E-state index in [0.29, 0.717) is 29.3 Å². The third kappa shape index (κ3) is 3.14. The lowest BCUT2D eigenvalue weighted by molar-refractivity contribution is -0.146. The lowest BCUT2D eigenvalue weighted by Gasteiger charge is -2.22. The molecule has 0 aromatic heterocycles. The minimum absolute atomic E-state index is 0.269. The van der Waals surface area contributed by atoms with Gasteiger partial charge in [0.2, 0.25) is 17.7 Å². The number of methoxy groups -OCH3 is 1. The zero-order valence-electron chi connectivity index (χ0n) is 14.0. The molecule has 0 saturated carbocycles. The first-order valence-electron chi connectivity index (χ1n) is 8.10. The predicted octanol–water partition coefficient (Wildman–Crippen LogP) is 2.63. The Morgan fingerprint density at radius 3 is 2.36 bits per heavy atom. The van der Waals surface area contributed by atoms with Crippen LogP contribution in [0, 0.1) is 11.8 Å². The van der Waals surface area contributed by atoms with Gasteiger partial charge in [0, 0.05) is 5.69 Å². The van der Waals surface area contributed by atoms with Crippen LogP contribution in [0.3, 0.4) is 0 Å². The first-order chi connectivity index (χ1) is 11.9. The number of hydrogen-bond acceptors (Lipinski definition) is 4. The van der Waals surface area contributed by atoms with Crippen molar-refractivity contribution in [1.29, 1.82) is 0 Å². The molecule has 1 aliphatic heterocycles. The number of nitrogens with zero attached hydrogens (tertiary/aromatic N) is 1. The van der Waals surface area contributed by atoms with Crippen molar-refractivity contribution in [2.45, 2.75) is 25.8 Å². The summed E-state index contributed by atoms with van der Waals surface area (Å²) in [4.78, 5) is 38.7. The Kier molecular flexibility index (Phi) is 4.81. The van der Waals surface area contributed by atoms with Crippen molar-refractivity contribution in [3.8, 4) is 5.75 Å². The fourth-order valence-corrected chi connectivity index (χ4v) is 3.57. The Bertz CT molecular complexity index is 735. The monoisotopic (exact) mass is 362 g/mol. The molecular weight excluding hydrogens is 344 g/mol. The van der Waals surface area contributed by atoms with E-state index in [1.165, 1.54) is 7.11 Å². The molecule has 3 amide bonds. The zero-order valence-corrected chi connectivity index (χ0v) is 14.7. The summed E-state index contributed by atoms with van der Waals surface area (Å²) >= 11 is 6.05. The summed E-state index contributed by atoms with van der Waals surface area (Å²) in [6.45, 7) is 1.56. The standard InChI is InChI=1S/C18H19ClN2O4/c1-10(16(22)20-11-7-8-15(25-2)14(19)9-11)21-17(23)12-5-3-4-6-13(12)18(21)24/h3-4,7-10,12-13H,5-6H2,1-2H3,(H,20,22)/t10-,12+,13+/m0/s1. The molecule has 1 aromatic carbocycles. The van der Waals surface area contributed by atoms with Gasteiger partial charge in [-0.05, 0) is 38.0 Å². The van der Waals surface area contributed by atoms with E-state index in [2.05, 4.69) is 5.32 Å². The van der Waals surface area contributed by atoms with Crippen molar-refractivity contribution >= 4 is 35.0 Å². The van der Waals surface area contributed by atoms with Crippen LogP contribution in [0.25, 0.3) is 0 Å². The number of imide groups is 1. The van der Waals surface area contributed by atoms with E-state index in [0.717, 1.165) is 4.90 Å². The number of nitrogens with one attached hydrogen (secondary N) is 1. The number of carbonyl (C=O) groups is 3. The van der Waals surface area contributed by atoms with E-state index in [1.807, 2.05) is 12.2 Å². The summed E-state index contributed by atoms with van der Waals surface area (Å²) in [5.41, 5.74) is 0.473. The number of likely N-dealkylation sites (tertiary alicyclic amines) is 1. The molecule has 132 valence electrons. The minimum atomic E-state index is -0.883. The van der Waals surface area contributed by atoms with Crippen LogP contribution in [0.15, 0.2) is 30.4 Å². The molecule has 0 unspecified atom stereocenters. The maximum atomic E-state index is 12.5. The molecule has 6 nitrogen and oxygen atoms in total. The molecule has 1 saturated heterocycles. The summed E-state index contributed by atoms with van der Waals surface area (Å²) in [6, 6.07) is 3.95. The first kappa shape index (κ1) is 17.5. The molecule has 3 atom stereocenters. The molecule has 0 radical (unpaired) electrons. The van der Waals surface area contributed by atoms with Crippen LogP contribution in [0.1, 0.15) is 19.8 Å². The molecule has 1 fully saturated rings. The predicted molar refractivity (Wildman–Crippen MR) is 93.3 cm³/mol. The second-order valence-electron chi connectivity index (χ2n) is 6.22. The molecule has 2 aliphatic rings. The van der Waals surface area contributed by atoms with E-state index in [4.69, 9.17) is 16.3 Å². The number of allylic oxidation sites excluding steroid dienone is 2. The van der Waals surface area contributed by atoms with Gasteiger partial charge in [0.15, 0.2) is 0 Å². The van der Waals surface area contributed by atoms with Crippen LogP contribution in [0.5, 0.6) is 5.75 Å². The Labute approximate surface area is 150 Å². The van der Waals surface area contributed by atoms with Gasteiger partial charge in [-0.2, -0.15) is 0 Å². The fourth-order valence-electron chi connectivity index (χ4n) is 3.32. The number of carbonyl (C=O) groups excluding carboxylic acids is 3. The van der Waals surface area contributed by atoms with Crippen LogP contribution in [-0.2, 0) is 14.4 Å². The van der Waals surface area contributed by atoms with Gasteiger partial charge in [0.1, 0.15) is 11.8 Å². The molecule has 1 aliphatic carbocycles. The molecule has 1 aromatic rings. The SMILES string of the molecule is COc1ccc(NC(=O)[C@H](C)N2C(=O)[C@@H]3CC=CC[C@H]3C2=O)cc1Cl. The second-order valence-corrected chi connectivity index (χ2v) is 6.62. The van der Waals surface area contributed by atoms with E-state index in [-0.39, 0.29) is 23.7 Å². The maximum Gasteiger partial charge on any atom is 0.247 e. The fraction of sp³-hybridized carbons (Fsp3) is 0.389. The van der Waals surface area contributed by atoms with Crippen molar-refractivity contribution in [2.24, 2.45) is 11.8 Å². The molecule has 1 heterocycles. The average molecular weight is 363 g/mol. The van der Waals surface area contributed by atoms with Crippen molar-refractivity contribution in [3.05, 3.63) is 35.4 Å². The molecule has 3 rings (SSSR count). The number of halogens is 1. The number of benzene rings is 1. The van der Waals surface area contributed by atoms with Crippen LogP contribution >= 0.6 is 11.6 Å². The van der Waals surface area contributed by atoms with Crippen molar-refractivity contribution in [2.75, 3.05) is 12.4 Å². The highest BCUT2D eigenvalue weighted by Crippen LogP contribution is 2.36. The first-order valence-corrected chi connectivity index (χ1v) is 8.48. The number of fused-ring (bicyclic) bond motifs is 1. The van der Waals surface area contributed by atoms with Gasteiger partial charge in [0.25, 0.3) is 0 Å². The van der Waals surface area contributed by atoms with Gasteiger partial charge < -0.3 is 10.1 Å². The second kappa shape index (κ2) is 6.88. The lowest BCUT2D eigenvalue weighted by Crippen LogP contribution is -2.46. The Hall–Kier alpha value is -2.34. The summed E-state index contributed by atoms with van der Waals surface area (Å²) < 4.78 is 5.07. The number of rotatable bonds is 4. The third-order valence-corrected chi connectivity index (χ3v) is 5.02. The molecule has 25 heavy (non-hydrogen) atoms. The summed E-state index contributed by atoms with van der Waals surface area (Å²) in [6.07, 6.45) is 4.93. The molecule has 0 spiro atoms. The highest BCUT2D eigenvalue weighted by Gasteiger charge is 2.50. The van der Waals surface area contributed by atoms with E-state index in [9.17, 15) is 14.4 Å². The molecular formula is C18H19ClN2O4. The maximum absolute atomic E-state index is 12.5. The van der Waals surface area contributed by atoms with Crippen molar-refractivity contribution < 1.29 is 19.1 Å². The highest BCUT2D eigenvalue weighted by molar-refractivity contribution is 6.32. The van der Waals surface area contributed by atoms with Gasteiger partial charge >= 0.3 is 0 Å². The van der Waals surface area contributed by atoms with Crippen LogP contribution in [-0.4, -0.2) is 35.8 Å².